The van der Waals surface area contributed by atoms with Crippen LogP contribution in [0.4, 0.5) is 5.82 Å². The van der Waals surface area contributed by atoms with Gasteiger partial charge >= 0.3 is 0 Å². The van der Waals surface area contributed by atoms with Crippen LogP contribution in [0.2, 0.25) is 0 Å². The molecule has 0 bridgehead atoms. The molecular formula is C24H24N4O2. The van der Waals surface area contributed by atoms with Crippen LogP contribution < -0.4 is 5.32 Å². The maximum atomic E-state index is 12.7. The lowest BCUT2D eigenvalue weighted by molar-refractivity contribution is -0.125. The molecule has 4 aliphatic rings. The van der Waals surface area contributed by atoms with E-state index in [1.807, 2.05) is 13.1 Å². The summed E-state index contributed by atoms with van der Waals surface area (Å²) >= 11 is 0. The van der Waals surface area contributed by atoms with E-state index in [0.717, 1.165) is 24.1 Å². The van der Waals surface area contributed by atoms with Crippen LogP contribution in [0.5, 0.6) is 0 Å². The number of nitrogens with zero attached hydrogens (tertiary/aromatic N) is 3. The molecule has 1 N–H and O–H groups in total. The van der Waals surface area contributed by atoms with Gasteiger partial charge in [-0.2, -0.15) is 0 Å². The molecule has 0 radical (unpaired) electrons. The molecule has 1 aliphatic carbocycles. The van der Waals surface area contributed by atoms with Crippen LogP contribution in [0, 0.1) is 0 Å². The van der Waals surface area contributed by atoms with Gasteiger partial charge < -0.3 is 14.8 Å². The van der Waals surface area contributed by atoms with Crippen LogP contribution in [-0.2, 0) is 35.5 Å². The number of pyridine rings is 2. The van der Waals surface area contributed by atoms with Gasteiger partial charge in [-0.15, -0.1) is 0 Å². The average Bonchev–Trinajstić information content (AvgIpc) is 3.38. The largest absolute Gasteiger partial charge is 0.351 e. The number of carbonyl (C=O) groups is 2. The first-order chi connectivity index (χ1) is 14.6. The zero-order chi connectivity index (χ0) is 20.7. The van der Waals surface area contributed by atoms with Crippen molar-refractivity contribution in [1.82, 2.24) is 14.5 Å². The highest BCUT2D eigenvalue weighted by Gasteiger charge is 2.21. The summed E-state index contributed by atoms with van der Waals surface area (Å²) < 4.78 is 2.33. The van der Waals surface area contributed by atoms with Gasteiger partial charge in [0.2, 0.25) is 11.8 Å². The highest BCUT2D eigenvalue weighted by molar-refractivity contribution is 5.94. The summed E-state index contributed by atoms with van der Waals surface area (Å²) in [6.45, 7) is 1.66. The van der Waals surface area contributed by atoms with Crippen molar-refractivity contribution in [2.75, 3.05) is 12.4 Å². The first kappa shape index (κ1) is 18.6. The third kappa shape index (κ3) is 3.38. The summed E-state index contributed by atoms with van der Waals surface area (Å²) in [7, 11) is 1.84. The Bertz CT molecular complexity index is 1140. The second kappa shape index (κ2) is 7.44. The van der Waals surface area contributed by atoms with E-state index in [9.17, 15) is 9.59 Å². The fourth-order valence-corrected chi connectivity index (χ4v) is 4.46. The monoisotopic (exact) mass is 400 g/mol. The Labute approximate surface area is 175 Å². The van der Waals surface area contributed by atoms with Crippen LogP contribution in [0.15, 0.2) is 42.7 Å². The Balaban J connectivity index is 1.30. The summed E-state index contributed by atoms with van der Waals surface area (Å²) in [6, 6.07) is 8.44. The molecule has 0 unspecified atom stereocenters. The molecule has 5 rings (SSSR count). The molecule has 30 heavy (non-hydrogen) atoms. The minimum atomic E-state index is -0.0457. The summed E-state index contributed by atoms with van der Waals surface area (Å²) in [6.07, 6.45) is 10.7. The summed E-state index contributed by atoms with van der Waals surface area (Å²) in [5.74, 6) is 0.579. The number of rotatable bonds is 4. The number of likely N-dealkylation sites (N-methyl/N-ethyl adjacent to an activating group) is 1. The predicted octanol–water partition coefficient (Wildman–Crippen LogP) is 3.49. The van der Waals surface area contributed by atoms with E-state index in [4.69, 9.17) is 0 Å². The van der Waals surface area contributed by atoms with Gasteiger partial charge in [0.1, 0.15) is 5.82 Å². The van der Waals surface area contributed by atoms with Gasteiger partial charge in [-0.3, -0.25) is 9.59 Å². The molecule has 3 aliphatic heterocycles. The first-order valence-corrected chi connectivity index (χ1v) is 10.4. The van der Waals surface area contributed by atoms with Gasteiger partial charge in [-0.25, -0.2) is 4.98 Å². The molecule has 152 valence electrons. The van der Waals surface area contributed by atoms with Crippen molar-refractivity contribution in [3.8, 4) is 11.1 Å². The quantitative estimate of drug-likeness (QED) is 0.682. The molecule has 1 aromatic rings. The third-order valence-electron chi connectivity index (χ3n) is 6.02. The van der Waals surface area contributed by atoms with E-state index in [0.29, 0.717) is 25.2 Å². The fourth-order valence-electron chi connectivity index (χ4n) is 4.46. The van der Waals surface area contributed by atoms with Crippen LogP contribution in [0.1, 0.15) is 35.2 Å². The number of fused-ring (bicyclic) bond motifs is 4. The number of anilines is 1. The lowest BCUT2D eigenvalue weighted by atomic mass is 10.0. The summed E-state index contributed by atoms with van der Waals surface area (Å²) in [5, 5.41) is 2.78. The Morgan fingerprint density at radius 3 is 3.07 bits per heavy atom. The molecule has 0 saturated carbocycles. The number of aromatic nitrogens is 2. The average molecular weight is 400 g/mol. The van der Waals surface area contributed by atoms with Crippen molar-refractivity contribution in [2.45, 2.75) is 38.8 Å². The Morgan fingerprint density at radius 1 is 1.27 bits per heavy atom. The normalized spacial score (nSPS) is 15.3. The highest BCUT2D eigenvalue weighted by atomic mass is 16.2. The molecule has 1 aromatic heterocycles. The van der Waals surface area contributed by atoms with Crippen molar-refractivity contribution in [3.05, 3.63) is 65.1 Å². The summed E-state index contributed by atoms with van der Waals surface area (Å²) in [4.78, 5) is 30.2. The number of nitrogens with one attached hydrogen (secondary N) is 1. The van der Waals surface area contributed by atoms with Crippen LogP contribution >= 0.6 is 0 Å². The molecule has 4 heterocycles. The number of hydrogen-bond acceptors (Lipinski definition) is 3. The van der Waals surface area contributed by atoms with Crippen molar-refractivity contribution < 1.29 is 9.59 Å². The van der Waals surface area contributed by atoms with Gasteiger partial charge in [0.15, 0.2) is 0 Å². The zero-order valence-electron chi connectivity index (χ0n) is 17.0. The van der Waals surface area contributed by atoms with Crippen molar-refractivity contribution in [3.63, 3.8) is 0 Å². The van der Waals surface area contributed by atoms with Crippen molar-refractivity contribution in [1.29, 1.82) is 0 Å². The Morgan fingerprint density at radius 2 is 2.17 bits per heavy atom. The van der Waals surface area contributed by atoms with Crippen LogP contribution in [0.3, 0.4) is 0 Å². The minimum Gasteiger partial charge on any atom is -0.351 e. The summed E-state index contributed by atoms with van der Waals surface area (Å²) in [5.41, 5.74) is 7.01. The molecule has 0 atom stereocenters. The topological polar surface area (TPSA) is 67.2 Å². The number of carbonyl (C=O) groups excluding carboxylic acids is 2. The van der Waals surface area contributed by atoms with Crippen molar-refractivity contribution in [2.24, 2.45) is 0 Å². The molecule has 0 aromatic carbocycles. The smallest absolute Gasteiger partial charge is 0.246 e. The van der Waals surface area contributed by atoms with E-state index < -0.39 is 0 Å². The molecule has 2 amide bonds. The molecule has 6 nitrogen and oxygen atoms in total. The van der Waals surface area contributed by atoms with E-state index in [2.05, 4.69) is 39.3 Å². The third-order valence-corrected chi connectivity index (χ3v) is 6.02. The Kier molecular flexibility index (Phi) is 4.62. The standard InChI is InChI=1S/C24H24N4O2/c1-27(15-19-6-5-17-10-12-28-11-2-3-20(28)23(17)19)22(30)9-4-16-13-18-7-8-21(29)26-24(18)25-14-16/h4-6,9-10,12-14H,2-3,7-8,11,15H2,1H3,(H,25,26,29). The second-order valence-corrected chi connectivity index (χ2v) is 8.10. The van der Waals surface area contributed by atoms with Gasteiger partial charge in [0, 0.05) is 56.3 Å². The van der Waals surface area contributed by atoms with Crippen LogP contribution in [0.25, 0.3) is 17.2 Å². The highest BCUT2D eigenvalue weighted by Crippen LogP contribution is 2.35. The number of aryl methyl sites for hydroxylation is 2. The van der Waals surface area contributed by atoms with Gasteiger partial charge in [0.05, 0.1) is 0 Å². The zero-order valence-corrected chi connectivity index (χ0v) is 17.0. The lowest BCUT2D eigenvalue weighted by Gasteiger charge is -2.18. The van der Waals surface area contributed by atoms with E-state index in [-0.39, 0.29) is 11.8 Å². The molecule has 6 heteroatoms. The maximum absolute atomic E-state index is 12.7. The molecule has 0 saturated heterocycles. The number of hydrogen-bond donors (Lipinski definition) is 1. The van der Waals surface area contributed by atoms with E-state index >= 15 is 0 Å². The minimum absolute atomic E-state index is 0.000765. The molecule has 0 fully saturated rings. The van der Waals surface area contributed by atoms with E-state index in [1.54, 1.807) is 23.2 Å². The van der Waals surface area contributed by atoms with Gasteiger partial charge in [-0.05, 0) is 59.7 Å². The van der Waals surface area contributed by atoms with Crippen molar-refractivity contribution >= 4 is 23.7 Å². The SMILES string of the molecule is CN(Cc1ccc2ccn3c(c1-2)CCC3)C(=O)C=Cc1cnc2c(c1)CCC(=O)N2. The number of amides is 2. The second-order valence-electron chi connectivity index (χ2n) is 8.10. The predicted molar refractivity (Wildman–Crippen MR) is 116 cm³/mol. The molecular weight excluding hydrogens is 376 g/mol. The van der Waals surface area contributed by atoms with Gasteiger partial charge in [-0.1, -0.05) is 12.1 Å². The Hall–Kier alpha value is -3.41. The first-order valence-electron chi connectivity index (χ1n) is 10.4. The fraction of sp³-hybridized carbons (Fsp3) is 0.292. The lowest BCUT2D eigenvalue weighted by Crippen LogP contribution is -2.24. The maximum Gasteiger partial charge on any atom is 0.246 e. The molecule has 0 spiro atoms. The van der Waals surface area contributed by atoms with Crippen LogP contribution in [-0.4, -0.2) is 33.3 Å². The van der Waals surface area contributed by atoms with Gasteiger partial charge in [0.25, 0.3) is 0 Å². The van der Waals surface area contributed by atoms with E-state index in [1.165, 1.54) is 28.8 Å².